The molecule has 19 heavy (non-hydrogen) atoms. The smallest absolute Gasteiger partial charge is 0.306 e. The number of pyridine rings is 1. The fourth-order valence-electron chi connectivity index (χ4n) is 1.70. The second-order valence-corrected chi connectivity index (χ2v) is 4.98. The van der Waals surface area contributed by atoms with Gasteiger partial charge in [-0.15, -0.1) is 11.3 Å². The first-order chi connectivity index (χ1) is 9.20. The predicted octanol–water partition coefficient (Wildman–Crippen LogP) is 3.01. The molecular formula is C14H16N2O2S. The van der Waals surface area contributed by atoms with E-state index >= 15 is 0 Å². The van der Waals surface area contributed by atoms with E-state index in [1.807, 2.05) is 31.4 Å². The SMILES string of the molecule is CCOC(=O)CCc1csc(-c2ncccc2C)n1. The van der Waals surface area contributed by atoms with E-state index in [4.69, 9.17) is 4.74 Å². The summed E-state index contributed by atoms with van der Waals surface area (Å²) in [5.74, 6) is -0.175. The lowest BCUT2D eigenvalue weighted by Gasteiger charge is -2.00. The third kappa shape index (κ3) is 3.61. The van der Waals surface area contributed by atoms with E-state index in [0.29, 0.717) is 19.4 Å². The van der Waals surface area contributed by atoms with Gasteiger partial charge in [0.15, 0.2) is 0 Å². The Morgan fingerprint density at radius 1 is 1.47 bits per heavy atom. The Morgan fingerprint density at radius 3 is 3.05 bits per heavy atom. The third-order valence-corrected chi connectivity index (χ3v) is 3.55. The maximum absolute atomic E-state index is 11.3. The zero-order valence-corrected chi connectivity index (χ0v) is 11.9. The molecule has 0 saturated heterocycles. The lowest BCUT2D eigenvalue weighted by atomic mass is 10.2. The van der Waals surface area contributed by atoms with Crippen LogP contribution in [-0.2, 0) is 16.0 Å². The molecule has 0 unspecified atom stereocenters. The van der Waals surface area contributed by atoms with Crippen LogP contribution in [0.5, 0.6) is 0 Å². The Balaban J connectivity index is 2.04. The number of hydrogen-bond acceptors (Lipinski definition) is 5. The van der Waals surface area contributed by atoms with Crippen LogP contribution in [0.1, 0.15) is 24.6 Å². The summed E-state index contributed by atoms with van der Waals surface area (Å²) in [4.78, 5) is 20.2. The Kier molecular flexibility index (Phi) is 4.63. The van der Waals surface area contributed by atoms with Gasteiger partial charge in [0, 0.05) is 18.0 Å². The van der Waals surface area contributed by atoms with Gasteiger partial charge in [-0.05, 0) is 25.5 Å². The number of carbonyl (C=O) groups is 1. The van der Waals surface area contributed by atoms with Crippen LogP contribution in [0.3, 0.4) is 0 Å². The molecule has 0 aliphatic rings. The molecule has 2 heterocycles. The monoisotopic (exact) mass is 276 g/mol. The maximum atomic E-state index is 11.3. The van der Waals surface area contributed by atoms with Crippen molar-refractivity contribution in [2.75, 3.05) is 6.61 Å². The number of thiazole rings is 1. The molecular weight excluding hydrogens is 260 g/mol. The third-order valence-electron chi connectivity index (χ3n) is 2.65. The van der Waals surface area contributed by atoms with Crippen LogP contribution in [0.4, 0.5) is 0 Å². The van der Waals surface area contributed by atoms with Gasteiger partial charge in [-0.3, -0.25) is 9.78 Å². The quantitative estimate of drug-likeness (QED) is 0.788. The highest BCUT2D eigenvalue weighted by Crippen LogP contribution is 2.24. The van der Waals surface area contributed by atoms with Crippen molar-refractivity contribution in [1.29, 1.82) is 0 Å². The molecule has 100 valence electrons. The van der Waals surface area contributed by atoms with E-state index in [9.17, 15) is 4.79 Å². The van der Waals surface area contributed by atoms with Crippen LogP contribution < -0.4 is 0 Å². The molecule has 0 radical (unpaired) electrons. The molecule has 2 aromatic heterocycles. The number of carbonyl (C=O) groups excluding carboxylic acids is 1. The van der Waals surface area contributed by atoms with Crippen molar-refractivity contribution in [3.63, 3.8) is 0 Å². The first kappa shape index (κ1) is 13.7. The second kappa shape index (κ2) is 6.43. The van der Waals surface area contributed by atoms with Gasteiger partial charge in [-0.1, -0.05) is 6.07 Å². The number of nitrogens with zero attached hydrogens (tertiary/aromatic N) is 2. The lowest BCUT2D eigenvalue weighted by molar-refractivity contribution is -0.143. The highest BCUT2D eigenvalue weighted by Gasteiger charge is 2.10. The number of aryl methyl sites for hydroxylation is 2. The number of ether oxygens (including phenoxy) is 1. The van der Waals surface area contributed by atoms with E-state index in [1.54, 1.807) is 17.5 Å². The first-order valence-corrected chi connectivity index (χ1v) is 7.10. The van der Waals surface area contributed by atoms with Crippen LogP contribution in [0.15, 0.2) is 23.7 Å². The topological polar surface area (TPSA) is 52.1 Å². The van der Waals surface area contributed by atoms with Crippen molar-refractivity contribution in [2.45, 2.75) is 26.7 Å². The highest BCUT2D eigenvalue weighted by atomic mass is 32.1. The van der Waals surface area contributed by atoms with E-state index in [2.05, 4.69) is 9.97 Å². The van der Waals surface area contributed by atoms with Gasteiger partial charge < -0.3 is 4.74 Å². The molecule has 0 aliphatic heterocycles. The van der Waals surface area contributed by atoms with Gasteiger partial charge in [-0.2, -0.15) is 0 Å². The molecule has 0 bridgehead atoms. The van der Waals surface area contributed by atoms with Crippen LogP contribution in [-0.4, -0.2) is 22.5 Å². The van der Waals surface area contributed by atoms with Gasteiger partial charge in [-0.25, -0.2) is 4.98 Å². The standard InChI is InChI=1S/C14H16N2O2S/c1-3-18-12(17)7-6-11-9-19-14(16-11)13-10(2)5-4-8-15-13/h4-5,8-9H,3,6-7H2,1-2H3. The Bertz CT molecular complexity index is 566. The zero-order valence-electron chi connectivity index (χ0n) is 11.0. The Morgan fingerprint density at radius 2 is 2.32 bits per heavy atom. The van der Waals surface area contributed by atoms with Crippen LogP contribution >= 0.6 is 11.3 Å². The summed E-state index contributed by atoms with van der Waals surface area (Å²) in [6.07, 6.45) is 2.75. The average molecular weight is 276 g/mol. The van der Waals surface area contributed by atoms with Gasteiger partial charge in [0.25, 0.3) is 0 Å². The molecule has 0 saturated carbocycles. The summed E-state index contributed by atoms with van der Waals surface area (Å²) in [6, 6.07) is 3.93. The summed E-state index contributed by atoms with van der Waals surface area (Å²) in [5, 5.41) is 2.87. The van der Waals surface area contributed by atoms with E-state index in [-0.39, 0.29) is 5.97 Å². The van der Waals surface area contributed by atoms with Gasteiger partial charge >= 0.3 is 5.97 Å². The van der Waals surface area contributed by atoms with E-state index < -0.39 is 0 Å². The number of hydrogen-bond donors (Lipinski definition) is 0. The van der Waals surface area contributed by atoms with Gasteiger partial charge in [0.1, 0.15) is 10.7 Å². The van der Waals surface area contributed by atoms with E-state index in [1.165, 1.54) is 0 Å². The Hall–Kier alpha value is -1.75. The molecule has 0 atom stereocenters. The molecule has 0 N–H and O–H groups in total. The van der Waals surface area contributed by atoms with Crippen LogP contribution in [0, 0.1) is 6.92 Å². The molecule has 2 rings (SSSR count). The fraction of sp³-hybridized carbons (Fsp3) is 0.357. The summed E-state index contributed by atoms with van der Waals surface area (Å²) in [6.45, 7) is 4.25. The first-order valence-electron chi connectivity index (χ1n) is 6.22. The minimum Gasteiger partial charge on any atom is -0.466 e. The van der Waals surface area contributed by atoms with Crippen molar-refractivity contribution in [1.82, 2.24) is 9.97 Å². The minimum absolute atomic E-state index is 0.175. The van der Waals surface area contributed by atoms with Crippen LogP contribution in [0.2, 0.25) is 0 Å². The van der Waals surface area contributed by atoms with Gasteiger partial charge in [0.2, 0.25) is 0 Å². The number of rotatable bonds is 5. The highest BCUT2D eigenvalue weighted by molar-refractivity contribution is 7.13. The molecule has 0 fully saturated rings. The van der Waals surface area contributed by atoms with Crippen molar-refractivity contribution in [3.05, 3.63) is 35.0 Å². The molecule has 0 aromatic carbocycles. The molecule has 5 heteroatoms. The second-order valence-electron chi connectivity index (χ2n) is 4.12. The largest absolute Gasteiger partial charge is 0.466 e. The van der Waals surface area contributed by atoms with Crippen LogP contribution in [0.25, 0.3) is 10.7 Å². The van der Waals surface area contributed by atoms with Crippen molar-refractivity contribution < 1.29 is 9.53 Å². The molecule has 0 amide bonds. The lowest BCUT2D eigenvalue weighted by Crippen LogP contribution is -2.05. The summed E-state index contributed by atoms with van der Waals surface area (Å²) >= 11 is 1.56. The molecule has 2 aromatic rings. The minimum atomic E-state index is -0.175. The molecule has 0 spiro atoms. The summed E-state index contributed by atoms with van der Waals surface area (Å²) < 4.78 is 4.90. The molecule has 4 nitrogen and oxygen atoms in total. The maximum Gasteiger partial charge on any atom is 0.306 e. The van der Waals surface area contributed by atoms with E-state index in [0.717, 1.165) is 22.0 Å². The summed E-state index contributed by atoms with van der Waals surface area (Å²) in [7, 11) is 0. The number of aromatic nitrogens is 2. The van der Waals surface area contributed by atoms with Crippen molar-refractivity contribution >= 4 is 17.3 Å². The normalized spacial score (nSPS) is 10.4. The van der Waals surface area contributed by atoms with Crippen molar-refractivity contribution in [3.8, 4) is 10.7 Å². The summed E-state index contributed by atoms with van der Waals surface area (Å²) in [5.41, 5.74) is 2.93. The molecule has 0 aliphatic carbocycles. The van der Waals surface area contributed by atoms with Gasteiger partial charge in [0.05, 0.1) is 18.7 Å². The zero-order chi connectivity index (χ0) is 13.7. The average Bonchev–Trinajstić information content (AvgIpc) is 2.86. The predicted molar refractivity (Wildman–Crippen MR) is 75.0 cm³/mol. The Labute approximate surface area is 116 Å². The number of esters is 1. The fourth-order valence-corrected chi connectivity index (χ4v) is 2.62. The van der Waals surface area contributed by atoms with Crippen molar-refractivity contribution in [2.24, 2.45) is 0 Å².